The molecule has 0 atom stereocenters. The number of aryl methyl sites for hydroxylation is 1. The fraction of sp³-hybridized carbons (Fsp3) is 0.0769. The molecule has 0 spiro atoms. The molecule has 0 unspecified atom stereocenters. The van der Waals surface area contributed by atoms with Gasteiger partial charge in [-0.25, -0.2) is 0 Å². The van der Waals surface area contributed by atoms with E-state index in [1.54, 1.807) is 30.3 Å². The van der Waals surface area contributed by atoms with Gasteiger partial charge in [0.05, 0.1) is 10.0 Å². The summed E-state index contributed by atoms with van der Waals surface area (Å²) in [6.07, 6.45) is 0. The minimum Gasteiger partial charge on any atom is -0.377 e. The van der Waals surface area contributed by atoms with Gasteiger partial charge in [0, 0.05) is 0 Å². The van der Waals surface area contributed by atoms with Gasteiger partial charge >= 0.3 is 10.1 Å². The van der Waals surface area contributed by atoms with E-state index in [1.807, 2.05) is 6.92 Å². The minimum absolute atomic E-state index is 0.0848. The van der Waals surface area contributed by atoms with E-state index in [9.17, 15) is 8.42 Å². The standard InChI is InChI=1S/C13H10Cl2O3S/c1-9-6-7-10(14)12(8-9)18-19(16,17)13-5-3-2-4-11(13)15/h2-8H,1H3. The molecule has 2 aromatic carbocycles. The second kappa shape index (κ2) is 5.41. The Morgan fingerprint density at radius 2 is 1.68 bits per heavy atom. The van der Waals surface area contributed by atoms with Crippen LogP contribution in [0.25, 0.3) is 0 Å². The average Bonchev–Trinajstić information content (AvgIpc) is 2.34. The van der Waals surface area contributed by atoms with Crippen LogP contribution in [-0.4, -0.2) is 8.42 Å². The molecule has 0 aliphatic carbocycles. The first kappa shape index (κ1) is 14.2. The Kier molecular flexibility index (Phi) is 4.04. The van der Waals surface area contributed by atoms with Crippen molar-refractivity contribution in [3.05, 3.63) is 58.1 Å². The molecule has 100 valence electrons. The van der Waals surface area contributed by atoms with Crippen molar-refractivity contribution < 1.29 is 12.6 Å². The first-order chi connectivity index (χ1) is 8.90. The monoisotopic (exact) mass is 316 g/mol. The maximum Gasteiger partial charge on any atom is 0.340 e. The van der Waals surface area contributed by atoms with Gasteiger partial charge in [0.15, 0.2) is 5.75 Å². The molecule has 0 heterocycles. The summed E-state index contributed by atoms with van der Waals surface area (Å²) < 4.78 is 29.3. The SMILES string of the molecule is Cc1ccc(Cl)c(OS(=O)(=O)c2ccccc2Cl)c1. The van der Waals surface area contributed by atoms with Crippen molar-refractivity contribution in [3.63, 3.8) is 0 Å². The number of halogens is 2. The lowest BCUT2D eigenvalue weighted by Crippen LogP contribution is -2.10. The van der Waals surface area contributed by atoms with Crippen molar-refractivity contribution in [2.75, 3.05) is 0 Å². The third kappa shape index (κ3) is 3.21. The lowest BCUT2D eigenvalue weighted by atomic mass is 10.2. The Bertz CT molecular complexity index is 712. The molecule has 0 saturated carbocycles. The van der Waals surface area contributed by atoms with Crippen LogP contribution in [0.1, 0.15) is 5.56 Å². The van der Waals surface area contributed by atoms with Crippen molar-refractivity contribution in [1.29, 1.82) is 0 Å². The first-order valence-corrected chi connectivity index (χ1v) is 7.52. The van der Waals surface area contributed by atoms with E-state index in [1.165, 1.54) is 12.1 Å². The molecule has 2 aromatic rings. The molecule has 6 heteroatoms. The molecule has 0 aliphatic heterocycles. The van der Waals surface area contributed by atoms with Crippen molar-refractivity contribution in [2.45, 2.75) is 11.8 Å². The van der Waals surface area contributed by atoms with Crippen LogP contribution in [0.4, 0.5) is 0 Å². The van der Waals surface area contributed by atoms with E-state index >= 15 is 0 Å². The van der Waals surface area contributed by atoms with Gasteiger partial charge in [-0.05, 0) is 36.8 Å². The third-order valence-electron chi connectivity index (χ3n) is 2.39. The Labute approximate surface area is 121 Å². The van der Waals surface area contributed by atoms with E-state index in [4.69, 9.17) is 27.4 Å². The highest BCUT2D eigenvalue weighted by Crippen LogP contribution is 2.30. The Morgan fingerprint density at radius 1 is 1.00 bits per heavy atom. The number of benzene rings is 2. The molecular weight excluding hydrogens is 307 g/mol. The van der Waals surface area contributed by atoms with Crippen LogP contribution in [-0.2, 0) is 10.1 Å². The molecule has 3 nitrogen and oxygen atoms in total. The smallest absolute Gasteiger partial charge is 0.340 e. The molecule has 0 N–H and O–H groups in total. The zero-order valence-electron chi connectivity index (χ0n) is 9.93. The summed E-state index contributed by atoms with van der Waals surface area (Å²) in [5.74, 6) is 0.0848. The molecule has 0 saturated heterocycles. The average molecular weight is 317 g/mol. The van der Waals surface area contributed by atoms with Crippen LogP contribution >= 0.6 is 23.2 Å². The van der Waals surface area contributed by atoms with Crippen molar-refractivity contribution in [1.82, 2.24) is 0 Å². The Balaban J connectivity index is 2.43. The second-order valence-electron chi connectivity index (χ2n) is 3.90. The normalized spacial score (nSPS) is 11.3. The predicted molar refractivity (Wildman–Crippen MR) is 75.5 cm³/mol. The number of hydrogen-bond donors (Lipinski definition) is 0. The van der Waals surface area contributed by atoms with Gasteiger partial charge < -0.3 is 4.18 Å². The number of rotatable bonds is 3. The zero-order chi connectivity index (χ0) is 14.0. The van der Waals surface area contributed by atoms with Crippen LogP contribution in [0.15, 0.2) is 47.4 Å². The lowest BCUT2D eigenvalue weighted by molar-refractivity contribution is 0.486. The van der Waals surface area contributed by atoms with Gasteiger partial charge in [0.2, 0.25) is 0 Å². The van der Waals surface area contributed by atoms with Crippen LogP contribution in [0, 0.1) is 6.92 Å². The summed E-state index contributed by atoms with van der Waals surface area (Å²) in [5.41, 5.74) is 0.841. The maximum atomic E-state index is 12.1. The molecule has 0 bridgehead atoms. The Hall–Kier alpha value is -1.23. The molecule has 0 fully saturated rings. The largest absolute Gasteiger partial charge is 0.377 e. The van der Waals surface area contributed by atoms with Crippen molar-refractivity contribution in [2.24, 2.45) is 0 Å². The van der Waals surface area contributed by atoms with Crippen molar-refractivity contribution >= 4 is 33.3 Å². The zero-order valence-corrected chi connectivity index (χ0v) is 12.3. The summed E-state index contributed by atoms with van der Waals surface area (Å²) in [5, 5.41) is 0.326. The summed E-state index contributed by atoms with van der Waals surface area (Å²) >= 11 is 11.8. The van der Waals surface area contributed by atoms with Gasteiger partial charge in [-0.1, -0.05) is 41.4 Å². The summed E-state index contributed by atoms with van der Waals surface area (Å²) in [6, 6.07) is 11.0. The molecule has 0 aromatic heterocycles. The van der Waals surface area contributed by atoms with E-state index in [0.29, 0.717) is 0 Å². The molecule has 2 rings (SSSR count). The van der Waals surface area contributed by atoms with E-state index < -0.39 is 10.1 Å². The summed E-state index contributed by atoms with van der Waals surface area (Å²) in [4.78, 5) is -0.0887. The van der Waals surface area contributed by atoms with Gasteiger partial charge in [0.25, 0.3) is 0 Å². The predicted octanol–water partition coefficient (Wildman–Crippen LogP) is 4.07. The fourth-order valence-corrected chi connectivity index (χ4v) is 3.12. The second-order valence-corrected chi connectivity index (χ2v) is 6.23. The van der Waals surface area contributed by atoms with E-state index in [-0.39, 0.29) is 20.7 Å². The van der Waals surface area contributed by atoms with Crippen LogP contribution in [0.5, 0.6) is 5.75 Å². The lowest BCUT2D eigenvalue weighted by Gasteiger charge is -2.10. The topological polar surface area (TPSA) is 43.4 Å². The van der Waals surface area contributed by atoms with Gasteiger partial charge in [0.1, 0.15) is 4.90 Å². The first-order valence-electron chi connectivity index (χ1n) is 5.35. The van der Waals surface area contributed by atoms with Crippen LogP contribution in [0.3, 0.4) is 0 Å². The highest BCUT2D eigenvalue weighted by atomic mass is 35.5. The van der Waals surface area contributed by atoms with Gasteiger partial charge in [-0.2, -0.15) is 8.42 Å². The summed E-state index contributed by atoms with van der Waals surface area (Å²) in [7, 11) is -4.00. The quantitative estimate of drug-likeness (QED) is 0.802. The van der Waals surface area contributed by atoms with Gasteiger partial charge in [-0.15, -0.1) is 0 Å². The molecule has 0 amide bonds. The highest BCUT2D eigenvalue weighted by Gasteiger charge is 2.21. The van der Waals surface area contributed by atoms with Crippen LogP contribution in [0.2, 0.25) is 10.0 Å². The third-order valence-corrected chi connectivity index (χ3v) is 4.44. The molecular formula is C13H10Cl2O3S. The maximum absolute atomic E-state index is 12.1. The van der Waals surface area contributed by atoms with Crippen molar-refractivity contribution in [3.8, 4) is 5.75 Å². The minimum atomic E-state index is -4.00. The van der Waals surface area contributed by atoms with Crippen LogP contribution < -0.4 is 4.18 Å². The highest BCUT2D eigenvalue weighted by molar-refractivity contribution is 7.87. The molecule has 19 heavy (non-hydrogen) atoms. The summed E-state index contributed by atoms with van der Waals surface area (Å²) in [6.45, 7) is 1.81. The van der Waals surface area contributed by atoms with Gasteiger partial charge in [-0.3, -0.25) is 0 Å². The number of hydrogen-bond acceptors (Lipinski definition) is 3. The fourth-order valence-electron chi connectivity index (χ4n) is 1.49. The molecule has 0 aliphatic rings. The van der Waals surface area contributed by atoms with E-state index in [2.05, 4.69) is 0 Å². The molecule has 0 radical (unpaired) electrons. The Morgan fingerprint density at radius 3 is 2.37 bits per heavy atom. The van der Waals surface area contributed by atoms with E-state index in [0.717, 1.165) is 5.56 Å².